The summed E-state index contributed by atoms with van der Waals surface area (Å²) in [4.78, 5) is 0. The van der Waals surface area contributed by atoms with Crippen LogP contribution in [0.15, 0.2) is 11.6 Å². The second-order valence-corrected chi connectivity index (χ2v) is 22.1. The third-order valence-electron chi connectivity index (χ3n) is 8.99. The Kier molecular flexibility index (Phi) is 5.62. The van der Waals surface area contributed by atoms with Crippen LogP contribution in [0.2, 0.25) is 39.3 Å². The van der Waals surface area contributed by atoms with Crippen LogP contribution in [-0.4, -0.2) is 28.8 Å². The first kappa shape index (κ1) is 22.3. The van der Waals surface area contributed by atoms with Crippen molar-refractivity contribution in [2.75, 3.05) is 0 Å². The number of hydrogen-bond acceptors (Lipinski definition) is 2. The number of hydrogen-bond donors (Lipinski definition) is 0. The van der Waals surface area contributed by atoms with E-state index in [1.54, 1.807) is 5.57 Å². The number of allylic oxidation sites excluding steroid dienone is 1. The largest absolute Gasteiger partial charge is 0.414 e. The molecule has 4 aliphatic carbocycles. The molecule has 0 radical (unpaired) electrons. The SMILES string of the molecule is C[C@]12CC[C@H](O[Si](C)(C)C)C=C1CCC1C2CC[C@@]2(C)C1CC[C@H]2O[Si](C)(C)C. The van der Waals surface area contributed by atoms with Gasteiger partial charge in [0.1, 0.15) is 0 Å². The van der Waals surface area contributed by atoms with Gasteiger partial charge in [-0.2, -0.15) is 0 Å². The first-order valence-electron chi connectivity index (χ1n) is 12.4. The van der Waals surface area contributed by atoms with E-state index in [2.05, 4.69) is 59.2 Å². The third kappa shape index (κ3) is 4.13. The summed E-state index contributed by atoms with van der Waals surface area (Å²) >= 11 is 0. The smallest absolute Gasteiger partial charge is 0.184 e. The molecular weight excluding hydrogens is 388 g/mol. The van der Waals surface area contributed by atoms with E-state index in [9.17, 15) is 0 Å². The van der Waals surface area contributed by atoms with E-state index in [0.717, 1.165) is 17.8 Å². The maximum absolute atomic E-state index is 6.76. The molecule has 4 heteroatoms. The van der Waals surface area contributed by atoms with Gasteiger partial charge in [0.2, 0.25) is 0 Å². The molecule has 0 spiro atoms. The molecule has 0 heterocycles. The summed E-state index contributed by atoms with van der Waals surface area (Å²) in [7, 11) is -2.95. The van der Waals surface area contributed by atoms with E-state index >= 15 is 0 Å². The van der Waals surface area contributed by atoms with Crippen molar-refractivity contribution in [2.45, 2.75) is 117 Å². The maximum atomic E-state index is 6.76. The van der Waals surface area contributed by atoms with Gasteiger partial charge in [0, 0.05) is 0 Å². The summed E-state index contributed by atoms with van der Waals surface area (Å²) in [6, 6.07) is 0. The van der Waals surface area contributed by atoms with Crippen LogP contribution in [0.1, 0.15) is 65.2 Å². The average Bonchev–Trinajstić information content (AvgIpc) is 2.89. The van der Waals surface area contributed by atoms with E-state index in [1.807, 2.05) is 0 Å². The average molecular weight is 435 g/mol. The Morgan fingerprint density at radius 3 is 2.14 bits per heavy atom. The normalized spacial score (nSPS) is 45.2. The zero-order valence-corrected chi connectivity index (χ0v) is 22.4. The highest BCUT2D eigenvalue weighted by molar-refractivity contribution is 6.70. The van der Waals surface area contributed by atoms with Gasteiger partial charge in [-0.1, -0.05) is 25.5 Å². The van der Waals surface area contributed by atoms with Crippen molar-refractivity contribution in [3.8, 4) is 0 Å². The third-order valence-corrected chi connectivity index (χ3v) is 11.0. The second kappa shape index (κ2) is 7.32. The summed E-state index contributed by atoms with van der Waals surface area (Å²) in [5, 5.41) is 0. The molecular formula is C25H46O2Si2. The van der Waals surface area contributed by atoms with Crippen molar-refractivity contribution >= 4 is 16.6 Å². The van der Waals surface area contributed by atoms with Gasteiger partial charge in [-0.15, -0.1) is 0 Å². The second-order valence-electron chi connectivity index (χ2n) is 13.2. The molecule has 0 bridgehead atoms. The monoisotopic (exact) mass is 434 g/mol. The van der Waals surface area contributed by atoms with Crippen molar-refractivity contribution in [3.05, 3.63) is 11.6 Å². The van der Waals surface area contributed by atoms with E-state index in [4.69, 9.17) is 8.85 Å². The topological polar surface area (TPSA) is 18.5 Å². The Morgan fingerprint density at radius 1 is 0.793 bits per heavy atom. The van der Waals surface area contributed by atoms with Gasteiger partial charge < -0.3 is 8.85 Å². The van der Waals surface area contributed by atoms with Crippen LogP contribution in [0.3, 0.4) is 0 Å². The van der Waals surface area contributed by atoms with Crippen LogP contribution in [0.5, 0.6) is 0 Å². The van der Waals surface area contributed by atoms with Gasteiger partial charge in [-0.25, -0.2) is 0 Å². The van der Waals surface area contributed by atoms with E-state index in [-0.39, 0.29) is 0 Å². The van der Waals surface area contributed by atoms with E-state index < -0.39 is 16.6 Å². The fraction of sp³-hybridized carbons (Fsp3) is 0.920. The summed E-state index contributed by atoms with van der Waals surface area (Å²) in [5.74, 6) is 2.69. The van der Waals surface area contributed by atoms with Crippen LogP contribution in [0.25, 0.3) is 0 Å². The lowest BCUT2D eigenvalue weighted by molar-refractivity contribution is -0.0715. The molecule has 2 nitrogen and oxygen atoms in total. The lowest BCUT2D eigenvalue weighted by Crippen LogP contribution is -2.52. The lowest BCUT2D eigenvalue weighted by Gasteiger charge is -2.58. The molecule has 0 aromatic heterocycles. The molecule has 3 saturated carbocycles. The van der Waals surface area contributed by atoms with Crippen LogP contribution < -0.4 is 0 Å². The lowest BCUT2D eigenvalue weighted by atomic mass is 9.47. The molecule has 0 aliphatic heterocycles. The highest BCUT2D eigenvalue weighted by Gasteiger charge is 2.59. The van der Waals surface area contributed by atoms with Gasteiger partial charge in [-0.05, 0) is 119 Å². The molecule has 0 aromatic carbocycles. The molecule has 0 saturated heterocycles. The van der Waals surface area contributed by atoms with Gasteiger partial charge in [0.05, 0.1) is 12.2 Å². The highest BCUT2D eigenvalue weighted by Crippen LogP contribution is 2.66. The fourth-order valence-electron chi connectivity index (χ4n) is 7.82. The Bertz CT molecular complexity index is 661. The maximum Gasteiger partial charge on any atom is 0.184 e. The zero-order chi connectivity index (χ0) is 21.2. The Hall–Kier alpha value is 0.0938. The van der Waals surface area contributed by atoms with Crippen LogP contribution in [0.4, 0.5) is 0 Å². The minimum atomic E-state index is -1.48. The summed E-state index contributed by atoms with van der Waals surface area (Å²) in [6.07, 6.45) is 14.3. The highest BCUT2D eigenvalue weighted by atomic mass is 28.4. The Labute approximate surface area is 182 Å². The standard InChI is InChI=1S/C25H46O2Si2/c1-24-15-13-19(26-28(3,4)5)17-18(24)9-10-20-21-11-12-23(27-29(6,7)8)25(21,2)16-14-22(20)24/h17,19-23H,9-16H2,1-8H3/t19-,20?,21?,22?,23+,24-,25-/m0/s1. The zero-order valence-electron chi connectivity index (χ0n) is 20.4. The molecule has 3 unspecified atom stereocenters. The fourth-order valence-corrected chi connectivity index (χ4v) is 10.2. The van der Waals surface area contributed by atoms with Crippen molar-refractivity contribution in [1.82, 2.24) is 0 Å². The Balaban J connectivity index is 1.54. The molecule has 29 heavy (non-hydrogen) atoms. The van der Waals surface area contributed by atoms with E-state index in [0.29, 0.717) is 23.0 Å². The quantitative estimate of drug-likeness (QED) is 0.339. The van der Waals surface area contributed by atoms with Crippen LogP contribution in [-0.2, 0) is 8.85 Å². The van der Waals surface area contributed by atoms with Crippen LogP contribution >= 0.6 is 0 Å². The van der Waals surface area contributed by atoms with Crippen molar-refractivity contribution in [3.63, 3.8) is 0 Å². The predicted octanol–water partition coefficient (Wildman–Crippen LogP) is 7.39. The van der Waals surface area contributed by atoms with Gasteiger partial charge >= 0.3 is 0 Å². The number of rotatable bonds is 4. The van der Waals surface area contributed by atoms with Crippen molar-refractivity contribution in [2.24, 2.45) is 28.6 Å². The molecule has 0 amide bonds. The van der Waals surface area contributed by atoms with Gasteiger partial charge in [0.15, 0.2) is 16.6 Å². The van der Waals surface area contributed by atoms with E-state index in [1.165, 1.54) is 51.4 Å². The minimum absolute atomic E-state index is 0.385. The molecule has 0 N–H and O–H groups in total. The molecule has 4 aliphatic rings. The van der Waals surface area contributed by atoms with Gasteiger partial charge in [0.25, 0.3) is 0 Å². The first-order valence-corrected chi connectivity index (χ1v) is 19.2. The van der Waals surface area contributed by atoms with Crippen molar-refractivity contribution < 1.29 is 8.85 Å². The predicted molar refractivity (Wildman–Crippen MR) is 128 cm³/mol. The summed E-state index contributed by atoms with van der Waals surface area (Å²) in [6.45, 7) is 19.3. The molecule has 4 rings (SSSR count). The minimum Gasteiger partial charge on any atom is -0.414 e. The van der Waals surface area contributed by atoms with Crippen LogP contribution in [0, 0.1) is 28.6 Å². The summed E-state index contributed by atoms with van der Waals surface area (Å²) < 4.78 is 13.3. The molecule has 0 aromatic rings. The number of fused-ring (bicyclic) bond motifs is 5. The molecule has 3 fully saturated rings. The molecule has 166 valence electrons. The first-order chi connectivity index (χ1) is 13.3. The van der Waals surface area contributed by atoms with Gasteiger partial charge in [-0.3, -0.25) is 0 Å². The summed E-state index contributed by atoms with van der Waals surface area (Å²) in [5.41, 5.74) is 2.61. The van der Waals surface area contributed by atoms with Crippen molar-refractivity contribution in [1.29, 1.82) is 0 Å². The Morgan fingerprint density at radius 2 is 1.48 bits per heavy atom. The molecule has 7 atom stereocenters.